The van der Waals surface area contributed by atoms with Crippen molar-refractivity contribution in [1.82, 2.24) is 20.2 Å². The molecule has 2 amide bonds. The molecular weight excluding hydrogens is 447 g/mol. The Morgan fingerprint density at radius 2 is 1.82 bits per heavy atom. The van der Waals surface area contributed by atoms with Gasteiger partial charge in [-0.1, -0.05) is 0 Å². The summed E-state index contributed by atoms with van der Waals surface area (Å²) in [6.07, 6.45) is 0.0165. The van der Waals surface area contributed by atoms with E-state index in [9.17, 15) is 14.0 Å². The second kappa shape index (κ2) is 9.33. The van der Waals surface area contributed by atoms with Crippen LogP contribution in [0.2, 0.25) is 0 Å². The summed E-state index contributed by atoms with van der Waals surface area (Å²) in [6, 6.07) is 7.39. The smallest absolute Gasteiger partial charge is 0.229 e. The van der Waals surface area contributed by atoms with Gasteiger partial charge in [0.2, 0.25) is 17.6 Å². The number of rotatable bonds is 7. The highest BCUT2D eigenvalue weighted by molar-refractivity contribution is 6.03. The largest absolute Gasteiger partial charge is 0.493 e. The molecule has 2 aromatic carbocycles. The summed E-state index contributed by atoms with van der Waals surface area (Å²) in [7, 11) is 4.46. The summed E-state index contributed by atoms with van der Waals surface area (Å²) in [5.74, 6) is -0.159. The normalized spacial score (nSPS) is 15.4. The Bertz CT molecular complexity index is 1220. The molecule has 1 aliphatic heterocycles. The van der Waals surface area contributed by atoms with Crippen molar-refractivity contribution < 1.29 is 28.2 Å². The first-order valence-electron chi connectivity index (χ1n) is 10.3. The maximum atomic E-state index is 14.3. The molecule has 0 aliphatic carbocycles. The Kier molecular flexibility index (Phi) is 6.30. The number of benzene rings is 2. The van der Waals surface area contributed by atoms with E-state index in [1.165, 1.54) is 49.1 Å². The zero-order chi connectivity index (χ0) is 24.4. The van der Waals surface area contributed by atoms with Gasteiger partial charge in [0.05, 0.1) is 32.9 Å². The first kappa shape index (κ1) is 23.0. The summed E-state index contributed by atoms with van der Waals surface area (Å²) in [5.41, 5.74) is 0.977. The van der Waals surface area contributed by atoms with Gasteiger partial charge in [0, 0.05) is 30.8 Å². The molecule has 34 heavy (non-hydrogen) atoms. The third-order valence-electron chi connectivity index (χ3n) is 5.52. The SMILES string of the molecule is COc1cc(N2CC(C(=O)Nc3ccc(F)c(-n4nnnc4C)c3)CC2=O)cc(OC)c1OC. The van der Waals surface area contributed by atoms with Crippen LogP contribution in [0.1, 0.15) is 12.2 Å². The lowest BCUT2D eigenvalue weighted by Gasteiger charge is -2.20. The van der Waals surface area contributed by atoms with Gasteiger partial charge in [0.25, 0.3) is 0 Å². The number of halogens is 1. The maximum absolute atomic E-state index is 14.3. The molecule has 1 aromatic heterocycles. The number of hydrogen-bond donors (Lipinski definition) is 1. The number of tetrazole rings is 1. The lowest BCUT2D eigenvalue weighted by Crippen LogP contribution is -2.28. The number of aryl methyl sites for hydroxylation is 1. The molecule has 1 aliphatic rings. The van der Waals surface area contributed by atoms with Gasteiger partial charge in [-0.25, -0.2) is 4.39 Å². The van der Waals surface area contributed by atoms with E-state index in [1.807, 2.05) is 0 Å². The van der Waals surface area contributed by atoms with Gasteiger partial charge in [-0.15, -0.1) is 5.10 Å². The molecule has 1 saturated heterocycles. The molecular formula is C22H23FN6O5. The Balaban J connectivity index is 1.53. The molecule has 0 bridgehead atoms. The molecule has 0 radical (unpaired) electrons. The lowest BCUT2D eigenvalue weighted by atomic mass is 10.1. The fourth-order valence-corrected chi connectivity index (χ4v) is 3.81. The molecule has 4 rings (SSSR count). The molecule has 11 nitrogen and oxygen atoms in total. The fraction of sp³-hybridized carbons (Fsp3) is 0.318. The molecule has 1 N–H and O–H groups in total. The van der Waals surface area contributed by atoms with Crippen molar-refractivity contribution in [3.63, 3.8) is 0 Å². The number of nitrogens with zero attached hydrogens (tertiary/aromatic N) is 5. The second-order valence-electron chi connectivity index (χ2n) is 7.58. The topological polar surface area (TPSA) is 121 Å². The van der Waals surface area contributed by atoms with Crippen LogP contribution in [0.25, 0.3) is 5.69 Å². The Labute approximate surface area is 194 Å². The van der Waals surface area contributed by atoms with E-state index in [-0.39, 0.29) is 30.5 Å². The highest BCUT2D eigenvalue weighted by Gasteiger charge is 2.36. The van der Waals surface area contributed by atoms with Crippen LogP contribution < -0.4 is 24.4 Å². The van der Waals surface area contributed by atoms with E-state index in [0.717, 1.165) is 0 Å². The predicted molar refractivity (Wildman–Crippen MR) is 119 cm³/mol. The van der Waals surface area contributed by atoms with Crippen molar-refractivity contribution in [2.24, 2.45) is 5.92 Å². The Hall–Kier alpha value is -4.22. The van der Waals surface area contributed by atoms with Crippen molar-refractivity contribution in [2.75, 3.05) is 38.1 Å². The minimum absolute atomic E-state index is 0.0165. The Morgan fingerprint density at radius 3 is 2.41 bits per heavy atom. The number of amides is 2. The standard InChI is InChI=1S/C22H23FN6O5/c1-12-25-26-27-29(12)17-8-14(5-6-16(17)23)24-22(31)13-7-20(30)28(11-13)15-9-18(32-2)21(34-4)19(10-15)33-3/h5-6,8-10,13H,7,11H2,1-4H3,(H,24,31). The highest BCUT2D eigenvalue weighted by atomic mass is 19.1. The van der Waals surface area contributed by atoms with Gasteiger partial charge in [0.1, 0.15) is 11.5 Å². The van der Waals surface area contributed by atoms with Gasteiger partial charge >= 0.3 is 0 Å². The van der Waals surface area contributed by atoms with Crippen molar-refractivity contribution >= 4 is 23.2 Å². The maximum Gasteiger partial charge on any atom is 0.229 e. The van der Waals surface area contributed by atoms with Gasteiger partial charge in [-0.2, -0.15) is 4.68 Å². The van der Waals surface area contributed by atoms with Crippen LogP contribution in [-0.4, -0.2) is 59.9 Å². The quantitative estimate of drug-likeness (QED) is 0.558. The van der Waals surface area contributed by atoms with E-state index in [4.69, 9.17) is 14.2 Å². The van der Waals surface area contributed by atoms with Crippen LogP contribution in [0.5, 0.6) is 17.2 Å². The van der Waals surface area contributed by atoms with Crippen molar-refractivity contribution in [1.29, 1.82) is 0 Å². The third kappa shape index (κ3) is 4.21. The molecule has 1 atom stereocenters. The first-order valence-corrected chi connectivity index (χ1v) is 10.3. The van der Waals surface area contributed by atoms with E-state index < -0.39 is 11.7 Å². The van der Waals surface area contributed by atoms with Gasteiger partial charge < -0.3 is 24.4 Å². The van der Waals surface area contributed by atoms with Gasteiger partial charge in [-0.3, -0.25) is 9.59 Å². The molecule has 1 fully saturated rings. The van der Waals surface area contributed by atoms with Crippen LogP contribution in [0.3, 0.4) is 0 Å². The zero-order valence-corrected chi connectivity index (χ0v) is 19.0. The minimum atomic E-state index is -0.616. The van der Waals surface area contributed by atoms with Crippen LogP contribution in [0.4, 0.5) is 15.8 Å². The van der Waals surface area contributed by atoms with Gasteiger partial charge in [-0.05, 0) is 35.5 Å². The molecule has 2 heterocycles. The molecule has 0 spiro atoms. The molecule has 1 unspecified atom stereocenters. The summed E-state index contributed by atoms with van der Waals surface area (Å²) in [5, 5.41) is 13.8. The van der Waals surface area contributed by atoms with E-state index >= 15 is 0 Å². The number of ether oxygens (including phenoxy) is 3. The van der Waals surface area contributed by atoms with Crippen molar-refractivity contribution in [3.8, 4) is 22.9 Å². The zero-order valence-electron chi connectivity index (χ0n) is 19.0. The predicted octanol–water partition coefficient (Wildman–Crippen LogP) is 2.13. The van der Waals surface area contributed by atoms with E-state index in [2.05, 4.69) is 20.8 Å². The average molecular weight is 470 g/mol. The number of hydrogen-bond acceptors (Lipinski definition) is 8. The molecule has 0 saturated carbocycles. The summed E-state index contributed by atoms with van der Waals surface area (Å²) in [4.78, 5) is 27.2. The Morgan fingerprint density at radius 1 is 1.12 bits per heavy atom. The molecule has 3 aromatic rings. The monoisotopic (exact) mass is 470 g/mol. The van der Waals surface area contributed by atoms with Crippen LogP contribution >= 0.6 is 0 Å². The van der Waals surface area contributed by atoms with Crippen LogP contribution in [0.15, 0.2) is 30.3 Å². The summed E-state index contributed by atoms with van der Waals surface area (Å²) in [6.45, 7) is 1.79. The average Bonchev–Trinajstić information content (AvgIpc) is 3.44. The summed E-state index contributed by atoms with van der Waals surface area (Å²) >= 11 is 0. The summed E-state index contributed by atoms with van der Waals surface area (Å²) < 4.78 is 31.6. The second-order valence-corrected chi connectivity index (χ2v) is 7.58. The fourth-order valence-electron chi connectivity index (χ4n) is 3.81. The molecule has 12 heteroatoms. The highest BCUT2D eigenvalue weighted by Crippen LogP contribution is 2.42. The van der Waals surface area contributed by atoms with E-state index in [1.54, 1.807) is 19.1 Å². The first-order chi connectivity index (χ1) is 16.4. The van der Waals surface area contributed by atoms with Crippen LogP contribution in [-0.2, 0) is 9.59 Å². The number of anilines is 2. The van der Waals surface area contributed by atoms with Crippen molar-refractivity contribution in [3.05, 3.63) is 42.0 Å². The number of nitrogens with one attached hydrogen (secondary N) is 1. The number of methoxy groups -OCH3 is 3. The van der Waals surface area contributed by atoms with Crippen LogP contribution in [0, 0.1) is 18.7 Å². The number of carbonyl (C=O) groups is 2. The third-order valence-corrected chi connectivity index (χ3v) is 5.52. The number of carbonyl (C=O) groups excluding carboxylic acids is 2. The molecule has 178 valence electrons. The lowest BCUT2D eigenvalue weighted by molar-refractivity contribution is -0.122. The van der Waals surface area contributed by atoms with Gasteiger partial charge in [0.15, 0.2) is 17.3 Å². The minimum Gasteiger partial charge on any atom is -0.493 e. The van der Waals surface area contributed by atoms with Crippen molar-refractivity contribution in [2.45, 2.75) is 13.3 Å². The number of aromatic nitrogens is 4. The van der Waals surface area contributed by atoms with E-state index in [0.29, 0.717) is 34.4 Å².